The molecule has 2 aromatic carbocycles. The van der Waals surface area contributed by atoms with Gasteiger partial charge in [0.05, 0.1) is 12.7 Å². The second-order valence-corrected chi connectivity index (χ2v) is 7.37. The number of β-amino-alcohol motifs (C(OH)–C–C–N with tert-alkyl or cyclic N) is 1. The molecule has 1 aliphatic heterocycles. The van der Waals surface area contributed by atoms with Gasteiger partial charge >= 0.3 is 0 Å². The molecule has 134 valence electrons. The van der Waals surface area contributed by atoms with Crippen LogP contribution in [0.3, 0.4) is 0 Å². The topological polar surface area (TPSA) is 41.9 Å². The number of aryl methyl sites for hydroxylation is 1. The number of benzene rings is 2. The summed E-state index contributed by atoms with van der Waals surface area (Å²) in [6.07, 6.45) is -0.487. The molecule has 0 saturated carbocycles. The number of aliphatic hydroxyl groups excluding tert-OH is 1. The van der Waals surface area contributed by atoms with Gasteiger partial charge in [0.2, 0.25) is 0 Å². The van der Waals surface area contributed by atoms with Gasteiger partial charge in [-0.25, -0.2) is 0 Å². The lowest BCUT2D eigenvalue weighted by Gasteiger charge is -2.34. The Balaban J connectivity index is 1.49. The van der Waals surface area contributed by atoms with Crippen molar-refractivity contribution in [2.75, 3.05) is 32.8 Å². The Kier molecular flexibility index (Phi) is 6.48. The van der Waals surface area contributed by atoms with Crippen molar-refractivity contribution in [1.82, 2.24) is 4.90 Å². The lowest BCUT2D eigenvalue weighted by atomic mass is 10.1. The van der Waals surface area contributed by atoms with Crippen LogP contribution in [0.1, 0.15) is 17.2 Å². The number of hydrogen-bond donors (Lipinski definition) is 1. The van der Waals surface area contributed by atoms with Gasteiger partial charge in [-0.3, -0.25) is 4.90 Å². The first kappa shape index (κ1) is 18.4. The molecule has 1 heterocycles. The SMILES string of the molecule is Cc1ccc(OCC(O)CN2CCOC(c3cccc(Br)c3)C2)cc1. The summed E-state index contributed by atoms with van der Waals surface area (Å²) in [5, 5.41) is 10.3. The fraction of sp³-hybridized carbons (Fsp3) is 0.400. The molecule has 2 unspecified atom stereocenters. The molecule has 4 nitrogen and oxygen atoms in total. The summed E-state index contributed by atoms with van der Waals surface area (Å²) >= 11 is 3.51. The predicted molar refractivity (Wildman–Crippen MR) is 102 cm³/mol. The molecule has 0 aromatic heterocycles. The summed E-state index contributed by atoms with van der Waals surface area (Å²) in [5.41, 5.74) is 2.35. The lowest BCUT2D eigenvalue weighted by Crippen LogP contribution is -2.43. The van der Waals surface area contributed by atoms with Gasteiger partial charge in [0.1, 0.15) is 18.5 Å². The summed E-state index contributed by atoms with van der Waals surface area (Å²) in [6, 6.07) is 16.1. The highest BCUT2D eigenvalue weighted by Crippen LogP contribution is 2.24. The van der Waals surface area contributed by atoms with Crippen LogP contribution in [0.5, 0.6) is 5.75 Å². The Hall–Kier alpha value is -1.40. The zero-order chi connectivity index (χ0) is 17.6. The van der Waals surface area contributed by atoms with Gasteiger partial charge in [0.15, 0.2) is 0 Å². The summed E-state index contributed by atoms with van der Waals surface area (Å²) in [6.45, 7) is 5.19. The second-order valence-electron chi connectivity index (χ2n) is 6.45. The molecule has 25 heavy (non-hydrogen) atoms. The zero-order valence-electron chi connectivity index (χ0n) is 14.4. The van der Waals surface area contributed by atoms with E-state index in [2.05, 4.69) is 33.0 Å². The molecule has 1 aliphatic rings. The molecule has 0 spiro atoms. The molecule has 0 bridgehead atoms. The van der Waals surface area contributed by atoms with Crippen molar-refractivity contribution in [3.63, 3.8) is 0 Å². The Morgan fingerprint density at radius 1 is 1.28 bits per heavy atom. The van der Waals surface area contributed by atoms with Crippen LogP contribution in [0.25, 0.3) is 0 Å². The molecule has 0 radical (unpaired) electrons. The van der Waals surface area contributed by atoms with E-state index in [-0.39, 0.29) is 6.10 Å². The molecule has 3 rings (SSSR count). The van der Waals surface area contributed by atoms with Crippen LogP contribution in [0.15, 0.2) is 53.0 Å². The molecule has 0 amide bonds. The van der Waals surface area contributed by atoms with E-state index in [1.807, 2.05) is 43.3 Å². The minimum Gasteiger partial charge on any atom is -0.491 e. The van der Waals surface area contributed by atoms with E-state index in [1.165, 1.54) is 5.56 Å². The van der Waals surface area contributed by atoms with Gasteiger partial charge in [-0.05, 0) is 36.8 Å². The van der Waals surface area contributed by atoms with Crippen molar-refractivity contribution in [3.05, 3.63) is 64.1 Å². The van der Waals surface area contributed by atoms with Crippen LogP contribution in [-0.4, -0.2) is 49.0 Å². The second kappa shape index (κ2) is 8.81. The van der Waals surface area contributed by atoms with Crippen molar-refractivity contribution >= 4 is 15.9 Å². The maximum Gasteiger partial charge on any atom is 0.119 e. The average molecular weight is 406 g/mol. The first-order chi connectivity index (χ1) is 12.1. The fourth-order valence-corrected chi connectivity index (χ4v) is 3.37. The quantitative estimate of drug-likeness (QED) is 0.797. The van der Waals surface area contributed by atoms with Crippen molar-refractivity contribution < 1.29 is 14.6 Å². The zero-order valence-corrected chi connectivity index (χ0v) is 16.0. The van der Waals surface area contributed by atoms with Gasteiger partial charge in [-0.15, -0.1) is 0 Å². The van der Waals surface area contributed by atoms with E-state index in [4.69, 9.17) is 9.47 Å². The third kappa shape index (κ3) is 5.54. The number of ether oxygens (including phenoxy) is 2. The van der Waals surface area contributed by atoms with Crippen LogP contribution in [0.2, 0.25) is 0 Å². The van der Waals surface area contributed by atoms with Crippen molar-refractivity contribution in [2.45, 2.75) is 19.1 Å². The van der Waals surface area contributed by atoms with Crippen LogP contribution in [0, 0.1) is 6.92 Å². The number of rotatable bonds is 6. The van der Waals surface area contributed by atoms with E-state index >= 15 is 0 Å². The highest BCUT2D eigenvalue weighted by atomic mass is 79.9. The normalized spacial score (nSPS) is 19.6. The monoisotopic (exact) mass is 405 g/mol. The van der Waals surface area contributed by atoms with Crippen molar-refractivity contribution in [1.29, 1.82) is 0 Å². The third-order valence-electron chi connectivity index (χ3n) is 4.30. The number of hydrogen-bond acceptors (Lipinski definition) is 4. The minimum absolute atomic E-state index is 0.0384. The summed E-state index contributed by atoms with van der Waals surface area (Å²) in [5.74, 6) is 0.790. The maximum atomic E-state index is 10.3. The first-order valence-corrected chi connectivity index (χ1v) is 9.36. The van der Waals surface area contributed by atoms with Crippen LogP contribution in [0.4, 0.5) is 0 Å². The highest BCUT2D eigenvalue weighted by Gasteiger charge is 2.23. The fourth-order valence-electron chi connectivity index (χ4n) is 2.95. The molecule has 0 aliphatic carbocycles. The Labute approximate surface area is 157 Å². The minimum atomic E-state index is -0.525. The summed E-state index contributed by atoms with van der Waals surface area (Å²) < 4.78 is 12.6. The van der Waals surface area contributed by atoms with Gasteiger partial charge in [-0.1, -0.05) is 45.8 Å². The third-order valence-corrected chi connectivity index (χ3v) is 4.80. The Morgan fingerprint density at radius 2 is 2.08 bits per heavy atom. The highest BCUT2D eigenvalue weighted by molar-refractivity contribution is 9.10. The summed E-state index contributed by atoms with van der Waals surface area (Å²) in [4.78, 5) is 2.23. The van der Waals surface area contributed by atoms with Gasteiger partial charge in [0.25, 0.3) is 0 Å². The van der Waals surface area contributed by atoms with Gasteiger partial charge < -0.3 is 14.6 Å². The maximum absolute atomic E-state index is 10.3. The molecule has 1 N–H and O–H groups in total. The summed E-state index contributed by atoms with van der Waals surface area (Å²) in [7, 11) is 0. The van der Waals surface area contributed by atoms with E-state index in [0.29, 0.717) is 19.8 Å². The molecular formula is C20H24BrNO3. The van der Waals surface area contributed by atoms with Crippen molar-refractivity contribution in [3.8, 4) is 5.75 Å². The number of morpholine rings is 1. The van der Waals surface area contributed by atoms with E-state index in [0.717, 1.165) is 28.9 Å². The van der Waals surface area contributed by atoms with Crippen LogP contribution in [-0.2, 0) is 4.74 Å². The molecule has 1 saturated heterocycles. The number of nitrogens with zero attached hydrogens (tertiary/aromatic N) is 1. The van der Waals surface area contributed by atoms with Gasteiger partial charge in [-0.2, -0.15) is 0 Å². The van der Waals surface area contributed by atoms with E-state index in [9.17, 15) is 5.11 Å². The standard InChI is InChI=1S/C20H24BrNO3/c1-15-5-7-19(8-6-15)25-14-18(23)12-22-9-10-24-20(13-22)16-3-2-4-17(21)11-16/h2-8,11,18,20,23H,9-10,12-14H2,1H3. The Morgan fingerprint density at radius 3 is 2.84 bits per heavy atom. The Bertz CT molecular complexity index is 677. The lowest BCUT2D eigenvalue weighted by molar-refractivity contribution is -0.0459. The largest absolute Gasteiger partial charge is 0.491 e. The van der Waals surface area contributed by atoms with Crippen molar-refractivity contribution in [2.24, 2.45) is 0 Å². The molecule has 2 aromatic rings. The van der Waals surface area contributed by atoms with E-state index < -0.39 is 6.10 Å². The number of aliphatic hydroxyl groups is 1. The molecular weight excluding hydrogens is 382 g/mol. The van der Waals surface area contributed by atoms with Crippen LogP contribution < -0.4 is 4.74 Å². The van der Waals surface area contributed by atoms with E-state index in [1.54, 1.807) is 0 Å². The average Bonchev–Trinajstić information content (AvgIpc) is 2.61. The molecule has 1 fully saturated rings. The van der Waals surface area contributed by atoms with Gasteiger partial charge in [0, 0.05) is 24.1 Å². The van der Waals surface area contributed by atoms with Crippen LogP contribution >= 0.6 is 15.9 Å². The molecule has 2 atom stereocenters. The smallest absolute Gasteiger partial charge is 0.119 e. The molecule has 5 heteroatoms. The predicted octanol–water partition coefficient (Wildman–Crippen LogP) is 3.57. The first-order valence-electron chi connectivity index (χ1n) is 8.57. The number of halogens is 1.